The van der Waals surface area contributed by atoms with Crippen LogP contribution in [-0.2, 0) is 10.0 Å². The highest BCUT2D eigenvalue weighted by molar-refractivity contribution is 7.89. The van der Waals surface area contributed by atoms with Gasteiger partial charge in [0.15, 0.2) is 0 Å². The Hall–Kier alpha value is -2.11. The van der Waals surface area contributed by atoms with Crippen molar-refractivity contribution in [3.63, 3.8) is 0 Å². The molecule has 0 bridgehead atoms. The third-order valence-corrected chi connectivity index (χ3v) is 4.20. The van der Waals surface area contributed by atoms with Crippen molar-refractivity contribution in [2.75, 3.05) is 13.1 Å². The first kappa shape index (κ1) is 18.9. The Morgan fingerprint density at radius 2 is 1.43 bits per heavy atom. The van der Waals surface area contributed by atoms with Crippen LogP contribution in [-0.4, -0.2) is 36.4 Å². The van der Waals surface area contributed by atoms with Crippen molar-refractivity contribution >= 4 is 21.4 Å². The Bertz CT molecular complexity index is 653. The van der Waals surface area contributed by atoms with Crippen LogP contribution in [0.5, 0.6) is 0 Å². The lowest BCUT2D eigenvalue weighted by atomic mass is 10.3. The molecule has 1 aromatic carbocycles. The van der Waals surface area contributed by atoms with E-state index in [1.807, 2.05) is 13.8 Å². The van der Waals surface area contributed by atoms with E-state index in [-0.39, 0.29) is 0 Å². The minimum absolute atomic E-state index is 0.449. The van der Waals surface area contributed by atoms with Gasteiger partial charge in [0.1, 0.15) is 0 Å². The fourth-order valence-electron chi connectivity index (χ4n) is 1.90. The van der Waals surface area contributed by atoms with E-state index in [2.05, 4.69) is 4.83 Å². The molecule has 0 aromatic heterocycles. The minimum Gasteiger partial charge on any atom is -0.258 e. The molecule has 0 atom stereocenters. The largest absolute Gasteiger partial charge is 0.277 e. The fourth-order valence-corrected chi connectivity index (χ4v) is 3.08. The Morgan fingerprint density at radius 1 is 1.00 bits per heavy atom. The molecule has 0 heterocycles. The molecule has 0 aliphatic carbocycles. The number of nitrogens with zero attached hydrogens (tertiary/aromatic N) is 3. The second kappa shape index (κ2) is 7.94. The van der Waals surface area contributed by atoms with Gasteiger partial charge in [-0.1, -0.05) is 13.8 Å². The first-order chi connectivity index (χ1) is 10.7. The summed E-state index contributed by atoms with van der Waals surface area (Å²) in [6.45, 7) is 4.64. The zero-order chi connectivity index (χ0) is 17.6. The molecule has 0 saturated heterocycles. The van der Waals surface area contributed by atoms with Crippen molar-refractivity contribution < 1.29 is 18.3 Å². The molecule has 0 aliphatic rings. The molecule has 1 aromatic rings. The van der Waals surface area contributed by atoms with E-state index >= 15 is 0 Å². The van der Waals surface area contributed by atoms with E-state index in [4.69, 9.17) is 0 Å². The molecule has 11 heteroatoms. The van der Waals surface area contributed by atoms with Gasteiger partial charge in [0, 0.05) is 25.2 Å². The molecule has 1 N–H and O–H groups in total. The molecule has 0 saturated carbocycles. The summed E-state index contributed by atoms with van der Waals surface area (Å²) < 4.78 is 24.7. The van der Waals surface area contributed by atoms with Gasteiger partial charge >= 0.3 is 0 Å². The van der Waals surface area contributed by atoms with Crippen molar-refractivity contribution in [2.45, 2.75) is 31.6 Å². The Morgan fingerprint density at radius 3 is 1.78 bits per heavy atom. The van der Waals surface area contributed by atoms with Gasteiger partial charge in [0.25, 0.3) is 21.4 Å². The van der Waals surface area contributed by atoms with Gasteiger partial charge in [0.05, 0.1) is 20.8 Å². The summed E-state index contributed by atoms with van der Waals surface area (Å²) in [5, 5.41) is 23.1. The maximum absolute atomic E-state index is 12.3. The van der Waals surface area contributed by atoms with Gasteiger partial charge in [-0.3, -0.25) is 20.2 Å². The second-order valence-electron chi connectivity index (χ2n) is 4.78. The van der Waals surface area contributed by atoms with Crippen LogP contribution in [0, 0.1) is 20.2 Å². The average Bonchev–Trinajstić information content (AvgIpc) is 2.46. The molecule has 23 heavy (non-hydrogen) atoms. The molecule has 0 spiro atoms. The predicted octanol–water partition coefficient (Wildman–Crippen LogP) is 1.82. The summed E-state index contributed by atoms with van der Waals surface area (Å²) in [7, 11) is -4.15. The van der Waals surface area contributed by atoms with E-state index in [9.17, 15) is 28.6 Å². The standard InChI is InChI=1S/C12H18N4O6S/c1-3-5-14(6-4-2)13-23(21,22)12-8-10(15(17)18)7-11(9-12)16(19)20/h7-9,13H,3-6H2,1-2H3. The van der Waals surface area contributed by atoms with Gasteiger partial charge in [-0.05, 0) is 12.8 Å². The minimum atomic E-state index is -4.15. The summed E-state index contributed by atoms with van der Waals surface area (Å²) in [5.41, 5.74) is -1.31. The summed E-state index contributed by atoms with van der Waals surface area (Å²) in [6, 6.07) is 2.31. The summed E-state index contributed by atoms with van der Waals surface area (Å²) in [5.74, 6) is 0. The maximum atomic E-state index is 12.3. The Balaban J connectivity index is 3.25. The van der Waals surface area contributed by atoms with E-state index < -0.39 is 36.1 Å². The van der Waals surface area contributed by atoms with Gasteiger partial charge in [0.2, 0.25) is 0 Å². The lowest BCUT2D eigenvalue weighted by Crippen LogP contribution is -2.43. The number of hydrogen-bond donors (Lipinski definition) is 1. The van der Waals surface area contributed by atoms with Crippen molar-refractivity contribution in [1.82, 2.24) is 9.84 Å². The molecule has 128 valence electrons. The van der Waals surface area contributed by atoms with Crippen LogP contribution in [0.25, 0.3) is 0 Å². The number of nitro benzene ring substituents is 2. The molecule has 10 nitrogen and oxygen atoms in total. The number of nitro groups is 2. The van der Waals surface area contributed by atoms with E-state index in [0.29, 0.717) is 25.9 Å². The van der Waals surface area contributed by atoms with Crippen LogP contribution in [0.3, 0.4) is 0 Å². The number of hydrazine groups is 1. The number of benzene rings is 1. The van der Waals surface area contributed by atoms with Gasteiger partial charge in [-0.15, -0.1) is 4.83 Å². The van der Waals surface area contributed by atoms with E-state index in [1.54, 1.807) is 0 Å². The number of rotatable bonds is 9. The van der Waals surface area contributed by atoms with Crippen molar-refractivity contribution in [2.24, 2.45) is 0 Å². The van der Waals surface area contributed by atoms with Crippen molar-refractivity contribution in [1.29, 1.82) is 0 Å². The Labute approximate surface area is 133 Å². The summed E-state index contributed by atoms with van der Waals surface area (Å²) in [6.07, 6.45) is 1.38. The van der Waals surface area contributed by atoms with E-state index in [1.165, 1.54) is 5.01 Å². The second-order valence-corrected chi connectivity index (χ2v) is 6.44. The lowest BCUT2D eigenvalue weighted by Gasteiger charge is -2.21. The number of non-ortho nitro benzene ring substituents is 2. The SMILES string of the molecule is CCCN(CCC)NS(=O)(=O)c1cc([N+](=O)[O-])cc([N+](=O)[O-])c1. The van der Waals surface area contributed by atoms with Gasteiger partial charge in [-0.25, -0.2) is 13.4 Å². The van der Waals surface area contributed by atoms with Crippen LogP contribution in [0.4, 0.5) is 11.4 Å². The first-order valence-electron chi connectivity index (χ1n) is 6.92. The third kappa shape index (κ3) is 5.23. The predicted molar refractivity (Wildman–Crippen MR) is 82.2 cm³/mol. The molecule has 0 radical (unpaired) electrons. The van der Waals surface area contributed by atoms with Crippen LogP contribution in [0.15, 0.2) is 23.1 Å². The van der Waals surface area contributed by atoms with Crippen molar-refractivity contribution in [3.05, 3.63) is 38.4 Å². The first-order valence-corrected chi connectivity index (χ1v) is 8.40. The highest BCUT2D eigenvalue weighted by atomic mass is 32.2. The zero-order valence-corrected chi connectivity index (χ0v) is 13.6. The van der Waals surface area contributed by atoms with Crippen LogP contribution >= 0.6 is 0 Å². The normalized spacial score (nSPS) is 11.6. The average molecular weight is 346 g/mol. The fraction of sp³-hybridized carbons (Fsp3) is 0.500. The Kier molecular flexibility index (Phi) is 6.54. The van der Waals surface area contributed by atoms with Gasteiger partial charge in [-0.2, -0.15) is 0 Å². The molecule has 0 aliphatic heterocycles. The highest BCUT2D eigenvalue weighted by Gasteiger charge is 2.25. The van der Waals surface area contributed by atoms with E-state index in [0.717, 1.165) is 18.2 Å². The van der Waals surface area contributed by atoms with Crippen molar-refractivity contribution in [3.8, 4) is 0 Å². The summed E-state index contributed by atoms with van der Waals surface area (Å²) >= 11 is 0. The smallest absolute Gasteiger partial charge is 0.258 e. The molecule has 1 rings (SSSR count). The summed E-state index contributed by atoms with van der Waals surface area (Å²) in [4.78, 5) is 21.7. The molecule has 0 amide bonds. The topological polar surface area (TPSA) is 136 Å². The maximum Gasteiger partial charge on any atom is 0.277 e. The third-order valence-electron chi connectivity index (χ3n) is 2.84. The van der Waals surface area contributed by atoms with Crippen LogP contribution in [0.1, 0.15) is 26.7 Å². The molecular weight excluding hydrogens is 328 g/mol. The van der Waals surface area contributed by atoms with Crippen LogP contribution < -0.4 is 4.83 Å². The highest BCUT2D eigenvalue weighted by Crippen LogP contribution is 2.25. The number of nitrogens with one attached hydrogen (secondary N) is 1. The monoisotopic (exact) mass is 346 g/mol. The zero-order valence-electron chi connectivity index (χ0n) is 12.8. The number of sulfonamides is 1. The molecule has 0 unspecified atom stereocenters. The molecule has 0 fully saturated rings. The van der Waals surface area contributed by atoms with Crippen LogP contribution in [0.2, 0.25) is 0 Å². The lowest BCUT2D eigenvalue weighted by molar-refractivity contribution is -0.394. The number of hydrogen-bond acceptors (Lipinski definition) is 7. The quantitative estimate of drug-likeness (QED) is 0.532. The molecular formula is C12H18N4O6S. The van der Waals surface area contributed by atoms with Gasteiger partial charge < -0.3 is 0 Å².